The minimum Gasteiger partial charge on any atom is -0.377 e. The Kier molecular flexibility index (Phi) is 6.36. The Bertz CT molecular complexity index is 1600. The van der Waals surface area contributed by atoms with Crippen molar-refractivity contribution < 1.29 is 14.3 Å². The Hall–Kier alpha value is -3.02. The van der Waals surface area contributed by atoms with Crippen molar-refractivity contribution in [1.82, 2.24) is 24.8 Å². The highest BCUT2D eigenvalue weighted by Gasteiger charge is 2.45. The summed E-state index contributed by atoms with van der Waals surface area (Å²) in [6, 6.07) is 1.62. The van der Waals surface area contributed by atoms with Gasteiger partial charge in [0, 0.05) is 17.3 Å². The van der Waals surface area contributed by atoms with Gasteiger partial charge >= 0.3 is 0 Å². The average molecular weight is 583 g/mol. The number of aryl methyl sites for hydroxylation is 1. The molecule has 0 bridgehead atoms. The predicted octanol–water partition coefficient (Wildman–Crippen LogP) is 3.96. The third-order valence-electron chi connectivity index (χ3n) is 8.92. The summed E-state index contributed by atoms with van der Waals surface area (Å²) in [6.07, 6.45) is 7.99. The van der Waals surface area contributed by atoms with E-state index < -0.39 is 5.66 Å². The lowest BCUT2D eigenvalue weighted by Gasteiger charge is -2.36. The van der Waals surface area contributed by atoms with Crippen LogP contribution < -0.4 is 16.2 Å². The first-order valence-electron chi connectivity index (χ1n) is 14.1. The fraction of sp³-hybridized carbons (Fsp3) is 0.536. The van der Waals surface area contributed by atoms with Gasteiger partial charge in [-0.05, 0) is 63.5 Å². The molecule has 2 fully saturated rings. The Morgan fingerprint density at radius 3 is 2.88 bits per heavy atom. The number of ether oxygens (including phenoxy) is 1. The number of morpholine rings is 1. The molecule has 1 spiro atoms. The van der Waals surface area contributed by atoms with Crippen molar-refractivity contribution in [1.29, 1.82) is 0 Å². The third kappa shape index (κ3) is 4.04. The van der Waals surface area contributed by atoms with Crippen LogP contribution in [0, 0.1) is 5.92 Å². The molecule has 2 aliphatic carbocycles. The summed E-state index contributed by atoms with van der Waals surface area (Å²) in [5.74, 6) is 0.367. The number of rotatable bonds is 3. The van der Waals surface area contributed by atoms with E-state index in [4.69, 9.17) is 16.3 Å². The monoisotopic (exact) mass is 582 g/mol. The first-order valence-corrected chi connectivity index (χ1v) is 15.2. The molecule has 2 aliphatic heterocycles. The Balaban J connectivity index is 1.23. The van der Waals surface area contributed by atoms with Gasteiger partial charge in [-0.15, -0.1) is 11.3 Å². The molecule has 2 N–H and O–H groups in total. The minimum atomic E-state index is -0.731. The number of pyridine rings is 1. The molecule has 1 saturated heterocycles. The lowest BCUT2D eigenvalue weighted by molar-refractivity contribution is -0.143. The number of aromatic nitrogens is 3. The Morgan fingerprint density at radius 1 is 1.25 bits per heavy atom. The second kappa shape index (κ2) is 9.81. The number of hydrogen-bond donors (Lipinski definition) is 2. The minimum absolute atomic E-state index is 0.0673. The number of carbonyl (C=O) groups is 2. The molecule has 7 rings (SSSR count). The summed E-state index contributed by atoms with van der Waals surface area (Å²) in [7, 11) is 0. The van der Waals surface area contributed by atoms with Crippen LogP contribution in [0.2, 0.25) is 5.02 Å². The van der Waals surface area contributed by atoms with Gasteiger partial charge in [0.15, 0.2) is 0 Å². The zero-order valence-corrected chi connectivity index (χ0v) is 23.9. The van der Waals surface area contributed by atoms with E-state index in [2.05, 4.69) is 20.6 Å². The average Bonchev–Trinajstić information content (AvgIpc) is 3.46. The standard InChI is InChI=1S/C28H31ClN6O4S/c1-15-13-39-10-9-34(15)26(37)16-5-6-17-20(11-16)40-25-21(17)23(30-14-31-25)32-19-12-18(29)22-24(36)33-28(35(22)27(19)38)7-3-2-4-8-28/h12,14-16H,2-11,13H2,1H3,(H,33,36)(H,30,31,32)/t15-,16+/m1/s1. The second-order valence-corrected chi connectivity index (χ2v) is 12.9. The summed E-state index contributed by atoms with van der Waals surface area (Å²) in [5.41, 5.74) is 0.618. The van der Waals surface area contributed by atoms with Crippen molar-refractivity contribution in [3.8, 4) is 0 Å². The largest absolute Gasteiger partial charge is 0.377 e. The first-order chi connectivity index (χ1) is 19.4. The van der Waals surface area contributed by atoms with Gasteiger partial charge in [0.2, 0.25) is 5.91 Å². The summed E-state index contributed by atoms with van der Waals surface area (Å²) in [6.45, 7) is 3.83. The van der Waals surface area contributed by atoms with Crippen LogP contribution in [0.15, 0.2) is 17.2 Å². The maximum atomic E-state index is 13.9. The van der Waals surface area contributed by atoms with Crippen LogP contribution in [0.4, 0.5) is 11.5 Å². The van der Waals surface area contributed by atoms with E-state index in [0.29, 0.717) is 44.8 Å². The number of nitrogens with one attached hydrogen (secondary N) is 2. The summed E-state index contributed by atoms with van der Waals surface area (Å²) in [5, 5.41) is 7.44. The molecule has 210 valence electrons. The smallest absolute Gasteiger partial charge is 0.276 e. The van der Waals surface area contributed by atoms with Crippen LogP contribution in [0.25, 0.3) is 10.2 Å². The molecule has 12 heteroatoms. The van der Waals surface area contributed by atoms with Crippen molar-refractivity contribution in [3.63, 3.8) is 0 Å². The number of nitrogens with zero attached hydrogens (tertiary/aromatic N) is 4. The van der Waals surface area contributed by atoms with E-state index in [1.54, 1.807) is 15.9 Å². The lowest BCUT2D eigenvalue weighted by Crippen LogP contribution is -2.50. The fourth-order valence-electron chi connectivity index (χ4n) is 6.94. The molecular weight excluding hydrogens is 552 g/mol. The van der Waals surface area contributed by atoms with Gasteiger partial charge in [-0.25, -0.2) is 9.97 Å². The highest BCUT2D eigenvalue weighted by atomic mass is 35.5. The molecular formula is C28H31ClN6O4S. The Morgan fingerprint density at radius 2 is 2.08 bits per heavy atom. The molecule has 4 aliphatic rings. The summed E-state index contributed by atoms with van der Waals surface area (Å²) < 4.78 is 7.09. The quantitative estimate of drug-likeness (QED) is 0.480. The maximum Gasteiger partial charge on any atom is 0.276 e. The van der Waals surface area contributed by atoms with Gasteiger partial charge < -0.3 is 20.3 Å². The van der Waals surface area contributed by atoms with Crippen molar-refractivity contribution >= 4 is 56.5 Å². The first kappa shape index (κ1) is 25.9. The molecule has 2 atom stereocenters. The SMILES string of the molecule is C[C@@H]1COCCN1C(=O)[C@H]1CCc2c(sc3ncnc(Nc4cc(Cl)c5n(c4=O)C4(CCCCC4)NC5=O)c23)C1. The number of anilines is 2. The van der Waals surface area contributed by atoms with E-state index in [0.717, 1.165) is 52.8 Å². The molecule has 0 unspecified atom stereocenters. The number of fused-ring (bicyclic) bond motifs is 5. The van der Waals surface area contributed by atoms with Crippen LogP contribution in [0.5, 0.6) is 0 Å². The molecule has 0 aromatic carbocycles. The third-order valence-corrected chi connectivity index (χ3v) is 10.4. The maximum absolute atomic E-state index is 13.9. The van der Waals surface area contributed by atoms with Crippen molar-refractivity contribution in [3.05, 3.63) is 43.9 Å². The van der Waals surface area contributed by atoms with Crippen molar-refractivity contribution in [2.75, 3.05) is 25.1 Å². The normalized spacial score (nSPS) is 23.6. The van der Waals surface area contributed by atoms with Crippen LogP contribution in [0.3, 0.4) is 0 Å². The molecule has 10 nitrogen and oxygen atoms in total. The number of hydrogen-bond acceptors (Lipinski definition) is 8. The van der Waals surface area contributed by atoms with Crippen LogP contribution in [0.1, 0.15) is 66.4 Å². The zero-order chi connectivity index (χ0) is 27.6. The predicted molar refractivity (Wildman–Crippen MR) is 152 cm³/mol. The number of halogens is 1. The van der Waals surface area contributed by atoms with Gasteiger partial charge in [0.1, 0.15) is 34.0 Å². The molecule has 40 heavy (non-hydrogen) atoms. The van der Waals surface area contributed by atoms with Crippen molar-refractivity contribution in [2.24, 2.45) is 5.92 Å². The molecule has 0 radical (unpaired) electrons. The second-order valence-electron chi connectivity index (χ2n) is 11.4. The molecule has 5 heterocycles. The fourth-order valence-corrected chi connectivity index (χ4v) is 8.48. The van der Waals surface area contributed by atoms with E-state index in [-0.39, 0.29) is 45.7 Å². The van der Waals surface area contributed by atoms with Crippen molar-refractivity contribution in [2.45, 2.75) is 70.0 Å². The number of carbonyl (C=O) groups excluding carboxylic acids is 2. The molecule has 3 aromatic heterocycles. The van der Waals surface area contributed by atoms with E-state index in [1.807, 2.05) is 11.8 Å². The lowest BCUT2D eigenvalue weighted by atomic mass is 9.86. The summed E-state index contributed by atoms with van der Waals surface area (Å²) >= 11 is 8.20. The molecule has 1 saturated carbocycles. The van der Waals surface area contributed by atoms with Gasteiger partial charge in [-0.3, -0.25) is 19.0 Å². The van der Waals surface area contributed by atoms with E-state index >= 15 is 0 Å². The number of thiophene rings is 1. The van der Waals surface area contributed by atoms with Crippen LogP contribution >= 0.6 is 22.9 Å². The molecule has 3 aromatic rings. The molecule has 2 amide bonds. The highest BCUT2D eigenvalue weighted by Crippen LogP contribution is 2.42. The van der Waals surface area contributed by atoms with Crippen LogP contribution in [-0.4, -0.2) is 57.0 Å². The van der Waals surface area contributed by atoms with Gasteiger partial charge in [0.05, 0.1) is 29.7 Å². The number of amides is 2. The van der Waals surface area contributed by atoms with E-state index in [9.17, 15) is 14.4 Å². The van der Waals surface area contributed by atoms with E-state index in [1.165, 1.54) is 12.4 Å². The topological polar surface area (TPSA) is 118 Å². The van der Waals surface area contributed by atoms with Gasteiger partial charge in [-0.2, -0.15) is 0 Å². The van der Waals surface area contributed by atoms with Gasteiger partial charge in [-0.1, -0.05) is 18.0 Å². The highest BCUT2D eigenvalue weighted by molar-refractivity contribution is 7.19. The summed E-state index contributed by atoms with van der Waals surface area (Å²) in [4.78, 5) is 53.0. The Labute approximate surface area is 240 Å². The van der Waals surface area contributed by atoms with Gasteiger partial charge in [0.25, 0.3) is 11.5 Å². The zero-order valence-electron chi connectivity index (χ0n) is 22.3. The van der Waals surface area contributed by atoms with Crippen LogP contribution in [-0.2, 0) is 28.0 Å².